The lowest BCUT2D eigenvalue weighted by atomic mass is 10.1. The highest BCUT2D eigenvalue weighted by Gasteiger charge is 2.06. The van der Waals surface area contributed by atoms with Crippen molar-refractivity contribution in [1.82, 2.24) is 0 Å². The molecule has 2 aromatic carbocycles. The fraction of sp³-hybridized carbons (Fsp3) is 0.188. The number of rotatable bonds is 6. The average molecular weight is 289 g/mol. The Labute approximate surface area is 123 Å². The van der Waals surface area contributed by atoms with Crippen LogP contribution in [0.3, 0.4) is 0 Å². The van der Waals surface area contributed by atoms with Crippen molar-refractivity contribution in [2.75, 3.05) is 11.9 Å². The number of benzene rings is 2. The lowest BCUT2D eigenvalue weighted by Gasteiger charge is -2.08. The monoisotopic (exact) mass is 288 g/mol. The van der Waals surface area contributed by atoms with E-state index in [0.29, 0.717) is 10.6 Å². The molecule has 0 aromatic heterocycles. The minimum Gasteiger partial charge on any atom is -0.385 e. The molecule has 0 unspecified atom stereocenters. The van der Waals surface area contributed by atoms with Gasteiger partial charge < -0.3 is 11.1 Å². The smallest absolute Gasteiger partial charge is 0.250 e. The van der Waals surface area contributed by atoms with Crippen LogP contribution in [0.25, 0.3) is 0 Å². The lowest BCUT2D eigenvalue weighted by molar-refractivity contribution is 0.100. The molecule has 3 nitrogen and oxygen atoms in total. The second kappa shape index (κ2) is 6.96. The number of primary amides is 1. The van der Waals surface area contributed by atoms with E-state index < -0.39 is 5.91 Å². The number of carbonyl (C=O) groups excluding carboxylic acids is 1. The van der Waals surface area contributed by atoms with E-state index in [1.165, 1.54) is 5.56 Å². The highest BCUT2D eigenvalue weighted by Crippen LogP contribution is 2.20. The summed E-state index contributed by atoms with van der Waals surface area (Å²) in [5, 5.41) is 3.67. The van der Waals surface area contributed by atoms with E-state index in [9.17, 15) is 4.79 Å². The van der Waals surface area contributed by atoms with Crippen molar-refractivity contribution in [3.8, 4) is 0 Å². The van der Waals surface area contributed by atoms with Crippen LogP contribution in [0.15, 0.2) is 48.5 Å². The molecular formula is C16H17ClN2O. The fourth-order valence-corrected chi connectivity index (χ4v) is 2.27. The topological polar surface area (TPSA) is 55.1 Å². The summed E-state index contributed by atoms with van der Waals surface area (Å²) in [6, 6.07) is 15.5. The molecule has 0 saturated carbocycles. The van der Waals surface area contributed by atoms with E-state index >= 15 is 0 Å². The summed E-state index contributed by atoms with van der Waals surface area (Å²) in [5.74, 6) is -0.509. The Morgan fingerprint density at radius 1 is 1.15 bits per heavy atom. The second-order valence-corrected chi connectivity index (χ2v) is 4.98. The second-order valence-electron chi connectivity index (χ2n) is 4.57. The molecule has 0 fully saturated rings. The summed E-state index contributed by atoms with van der Waals surface area (Å²) in [6.07, 6.45) is 2.06. The van der Waals surface area contributed by atoms with Gasteiger partial charge in [-0.05, 0) is 36.6 Å². The van der Waals surface area contributed by atoms with Crippen molar-refractivity contribution in [1.29, 1.82) is 0 Å². The Bertz CT molecular complexity index is 584. The molecule has 104 valence electrons. The Balaban J connectivity index is 1.83. The summed E-state index contributed by atoms with van der Waals surface area (Å²) in [6.45, 7) is 0.848. The highest BCUT2D eigenvalue weighted by molar-refractivity contribution is 6.34. The Kier molecular flexibility index (Phi) is 5.02. The molecule has 0 aliphatic rings. The molecule has 4 heteroatoms. The summed E-state index contributed by atoms with van der Waals surface area (Å²) in [7, 11) is 0. The first-order valence-corrected chi connectivity index (χ1v) is 6.92. The number of nitrogens with two attached hydrogens (primary N) is 1. The number of carbonyl (C=O) groups is 1. The summed E-state index contributed by atoms with van der Waals surface area (Å²) in [4.78, 5) is 11.1. The van der Waals surface area contributed by atoms with Crippen LogP contribution in [0.2, 0.25) is 5.02 Å². The van der Waals surface area contributed by atoms with Crippen molar-refractivity contribution >= 4 is 23.2 Å². The molecule has 0 bridgehead atoms. The van der Waals surface area contributed by atoms with E-state index in [2.05, 4.69) is 17.4 Å². The molecule has 0 spiro atoms. The molecule has 0 aliphatic heterocycles. The molecule has 2 aromatic rings. The molecule has 0 heterocycles. The predicted molar refractivity (Wildman–Crippen MR) is 83.2 cm³/mol. The molecule has 2 rings (SSSR count). The maximum atomic E-state index is 11.1. The molecule has 0 saturated heterocycles. The SMILES string of the molecule is NC(=O)c1ccc(NCCCc2ccccc2)cc1Cl. The molecule has 20 heavy (non-hydrogen) atoms. The van der Waals surface area contributed by atoms with E-state index in [-0.39, 0.29) is 0 Å². The fourth-order valence-electron chi connectivity index (χ4n) is 1.99. The Morgan fingerprint density at radius 2 is 1.90 bits per heavy atom. The zero-order valence-corrected chi connectivity index (χ0v) is 11.9. The van der Waals surface area contributed by atoms with Crippen molar-refractivity contribution in [2.24, 2.45) is 5.73 Å². The number of nitrogens with one attached hydrogen (secondary N) is 1. The molecule has 1 amide bonds. The number of amides is 1. The number of hydrogen-bond acceptors (Lipinski definition) is 2. The van der Waals surface area contributed by atoms with Gasteiger partial charge in [0.2, 0.25) is 5.91 Å². The van der Waals surface area contributed by atoms with Crippen LogP contribution < -0.4 is 11.1 Å². The van der Waals surface area contributed by atoms with Gasteiger partial charge in [0, 0.05) is 12.2 Å². The summed E-state index contributed by atoms with van der Waals surface area (Å²) in [5.41, 5.74) is 7.78. The van der Waals surface area contributed by atoms with E-state index in [1.54, 1.807) is 12.1 Å². The van der Waals surface area contributed by atoms with Crippen LogP contribution in [0.1, 0.15) is 22.3 Å². The Morgan fingerprint density at radius 3 is 2.55 bits per heavy atom. The first kappa shape index (κ1) is 14.4. The third-order valence-electron chi connectivity index (χ3n) is 3.05. The predicted octanol–water partition coefficient (Wildman–Crippen LogP) is 3.48. The van der Waals surface area contributed by atoms with Crippen molar-refractivity contribution in [3.63, 3.8) is 0 Å². The maximum absolute atomic E-state index is 11.1. The maximum Gasteiger partial charge on any atom is 0.250 e. The third kappa shape index (κ3) is 4.00. The minimum atomic E-state index is -0.509. The molecule has 3 N–H and O–H groups in total. The third-order valence-corrected chi connectivity index (χ3v) is 3.36. The van der Waals surface area contributed by atoms with E-state index in [0.717, 1.165) is 25.1 Å². The first-order valence-electron chi connectivity index (χ1n) is 6.54. The summed E-state index contributed by atoms with van der Waals surface area (Å²) >= 11 is 5.99. The first-order chi connectivity index (χ1) is 9.66. The number of aryl methyl sites for hydroxylation is 1. The van der Waals surface area contributed by atoms with Gasteiger partial charge in [-0.2, -0.15) is 0 Å². The van der Waals surface area contributed by atoms with Gasteiger partial charge in [0.15, 0.2) is 0 Å². The quantitative estimate of drug-likeness (QED) is 0.800. The molecular weight excluding hydrogens is 272 g/mol. The van der Waals surface area contributed by atoms with Gasteiger partial charge >= 0.3 is 0 Å². The zero-order valence-electron chi connectivity index (χ0n) is 11.1. The van der Waals surface area contributed by atoms with Crippen LogP contribution in [-0.4, -0.2) is 12.5 Å². The van der Waals surface area contributed by atoms with Crippen LogP contribution >= 0.6 is 11.6 Å². The Hall–Kier alpha value is -2.00. The number of hydrogen-bond donors (Lipinski definition) is 2. The largest absolute Gasteiger partial charge is 0.385 e. The van der Waals surface area contributed by atoms with E-state index in [1.807, 2.05) is 24.3 Å². The molecule has 0 radical (unpaired) electrons. The van der Waals surface area contributed by atoms with Crippen molar-refractivity contribution in [2.45, 2.75) is 12.8 Å². The van der Waals surface area contributed by atoms with Gasteiger partial charge in [-0.15, -0.1) is 0 Å². The standard InChI is InChI=1S/C16H17ClN2O/c17-15-11-13(8-9-14(15)16(18)20)19-10-4-7-12-5-2-1-3-6-12/h1-3,5-6,8-9,11,19H,4,7,10H2,(H2,18,20). The van der Waals surface area contributed by atoms with Gasteiger partial charge in [0.05, 0.1) is 10.6 Å². The minimum absolute atomic E-state index is 0.349. The molecule has 0 aliphatic carbocycles. The number of halogens is 1. The lowest BCUT2D eigenvalue weighted by Crippen LogP contribution is -2.12. The van der Waals surface area contributed by atoms with Gasteiger partial charge in [-0.3, -0.25) is 4.79 Å². The highest BCUT2D eigenvalue weighted by atomic mass is 35.5. The van der Waals surface area contributed by atoms with Crippen LogP contribution in [0.4, 0.5) is 5.69 Å². The number of anilines is 1. The van der Waals surface area contributed by atoms with Crippen LogP contribution in [0, 0.1) is 0 Å². The zero-order chi connectivity index (χ0) is 14.4. The normalized spacial score (nSPS) is 10.2. The van der Waals surface area contributed by atoms with Crippen molar-refractivity contribution in [3.05, 3.63) is 64.7 Å². The van der Waals surface area contributed by atoms with E-state index in [4.69, 9.17) is 17.3 Å². The van der Waals surface area contributed by atoms with Gasteiger partial charge in [-0.1, -0.05) is 41.9 Å². The summed E-state index contributed by atoms with van der Waals surface area (Å²) < 4.78 is 0. The van der Waals surface area contributed by atoms with Gasteiger partial charge in [0.25, 0.3) is 0 Å². The van der Waals surface area contributed by atoms with Gasteiger partial charge in [-0.25, -0.2) is 0 Å². The van der Waals surface area contributed by atoms with Crippen LogP contribution in [-0.2, 0) is 6.42 Å². The average Bonchev–Trinajstić information content (AvgIpc) is 2.44. The van der Waals surface area contributed by atoms with Gasteiger partial charge in [0.1, 0.15) is 0 Å². The van der Waals surface area contributed by atoms with Crippen LogP contribution in [0.5, 0.6) is 0 Å². The molecule has 0 atom stereocenters. The van der Waals surface area contributed by atoms with Crippen molar-refractivity contribution < 1.29 is 4.79 Å².